The molecule has 0 radical (unpaired) electrons. The van der Waals surface area contributed by atoms with Crippen LogP contribution < -0.4 is 17.2 Å². The molecule has 0 aliphatic rings. The van der Waals surface area contributed by atoms with Crippen molar-refractivity contribution < 1.29 is 4.39 Å². The van der Waals surface area contributed by atoms with Gasteiger partial charge in [-0.25, -0.2) is 19.3 Å². The lowest BCUT2D eigenvalue weighted by molar-refractivity contribution is 0.541. The van der Waals surface area contributed by atoms with Gasteiger partial charge in [0.1, 0.15) is 12.7 Å². The average molecular weight is 301 g/mol. The highest BCUT2D eigenvalue weighted by molar-refractivity contribution is 5.84. The number of fused-ring (bicyclic) bond motifs is 2. The Hall–Kier alpha value is -3.57. The molecule has 4 rings (SSSR count). The molecule has 22 heavy (non-hydrogen) atoms. The molecule has 4 heterocycles. The second kappa shape index (κ2) is 3.97. The molecular formula is C10H8FN11. The summed E-state index contributed by atoms with van der Waals surface area (Å²) in [4.78, 5) is 23.2. The standard InChI is InChI=1S/C10H8FN11/c11-9-17-5(12)3-7(19-9)21(1-15-3)22-2-16-4-6(13)18-10(14)20-8(4)22/h1-2H,(H2,12,17,19)(H4,13,14,18,20). The molecule has 0 aliphatic heterocycles. The van der Waals surface area contributed by atoms with Crippen LogP contribution in [-0.4, -0.2) is 39.3 Å². The Labute approximate surface area is 120 Å². The summed E-state index contributed by atoms with van der Waals surface area (Å²) >= 11 is 0. The number of aromatic nitrogens is 8. The first-order valence-corrected chi connectivity index (χ1v) is 5.97. The van der Waals surface area contributed by atoms with Gasteiger partial charge in [0.25, 0.3) is 0 Å². The zero-order valence-corrected chi connectivity index (χ0v) is 10.8. The van der Waals surface area contributed by atoms with E-state index in [9.17, 15) is 4.39 Å². The van der Waals surface area contributed by atoms with Gasteiger partial charge in [-0.05, 0) is 0 Å². The van der Waals surface area contributed by atoms with Gasteiger partial charge in [0.2, 0.25) is 5.95 Å². The van der Waals surface area contributed by atoms with E-state index in [0.717, 1.165) is 0 Å². The summed E-state index contributed by atoms with van der Waals surface area (Å²) in [6, 6.07) is 0. The Bertz CT molecular complexity index is 948. The van der Waals surface area contributed by atoms with E-state index >= 15 is 0 Å². The molecule has 0 atom stereocenters. The minimum absolute atomic E-state index is 0.0171. The summed E-state index contributed by atoms with van der Waals surface area (Å²) in [6.45, 7) is 0. The van der Waals surface area contributed by atoms with Crippen LogP contribution >= 0.6 is 0 Å². The van der Waals surface area contributed by atoms with Gasteiger partial charge in [-0.15, -0.1) is 0 Å². The van der Waals surface area contributed by atoms with Crippen molar-refractivity contribution in [1.82, 2.24) is 39.3 Å². The molecule has 4 aromatic heterocycles. The molecule has 11 nitrogen and oxygen atoms in total. The number of anilines is 3. The van der Waals surface area contributed by atoms with Crippen LogP contribution in [0.5, 0.6) is 0 Å². The maximum absolute atomic E-state index is 13.4. The van der Waals surface area contributed by atoms with Crippen molar-refractivity contribution in [1.29, 1.82) is 0 Å². The molecular weight excluding hydrogens is 293 g/mol. The molecule has 0 saturated carbocycles. The third kappa shape index (κ3) is 1.54. The first-order valence-electron chi connectivity index (χ1n) is 5.97. The van der Waals surface area contributed by atoms with E-state index in [1.807, 2.05) is 0 Å². The Kier molecular flexibility index (Phi) is 2.20. The van der Waals surface area contributed by atoms with Crippen LogP contribution in [0.4, 0.5) is 22.0 Å². The number of hydrogen-bond acceptors (Lipinski definition) is 9. The van der Waals surface area contributed by atoms with E-state index in [-0.39, 0.29) is 28.7 Å². The van der Waals surface area contributed by atoms with Gasteiger partial charge in [-0.2, -0.15) is 24.3 Å². The van der Waals surface area contributed by atoms with Crippen LogP contribution in [0.25, 0.3) is 22.3 Å². The number of rotatable bonds is 1. The van der Waals surface area contributed by atoms with Crippen LogP contribution in [0.3, 0.4) is 0 Å². The average Bonchev–Trinajstić information content (AvgIpc) is 3.02. The van der Waals surface area contributed by atoms with Crippen LogP contribution in [0.1, 0.15) is 0 Å². The molecule has 6 N–H and O–H groups in total. The van der Waals surface area contributed by atoms with E-state index in [2.05, 4.69) is 29.9 Å². The van der Waals surface area contributed by atoms with Gasteiger partial charge >= 0.3 is 6.08 Å². The zero-order chi connectivity index (χ0) is 15.4. The fourth-order valence-electron chi connectivity index (χ4n) is 2.13. The predicted molar refractivity (Wildman–Crippen MR) is 74.6 cm³/mol. The number of nitrogens with zero attached hydrogens (tertiary/aromatic N) is 8. The second-order valence-electron chi connectivity index (χ2n) is 4.37. The van der Waals surface area contributed by atoms with Gasteiger partial charge in [-0.1, -0.05) is 0 Å². The Balaban J connectivity index is 2.08. The lowest BCUT2D eigenvalue weighted by atomic mass is 10.5. The van der Waals surface area contributed by atoms with Gasteiger partial charge in [0.15, 0.2) is 34.0 Å². The third-order valence-corrected chi connectivity index (χ3v) is 3.03. The van der Waals surface area contributed by atoms with Crippen molar-refractivity contribution in [2.75, 3.05) is 17.2 Å². The lowest BCUT2D eigenvalue weighted by Crippen LogP contribution is -2.10. The Morgan fingerprint density at radius 3 is 1.95 bits per heavy atom. The van der Waals surface area contributed by atoms with Gasteiger partial charge < -0.3 is 17.2 Å². The van der Waals surface area contributed by atoms with Crippen LogP contribution in [0.2, 0.25) is 0 Å². The van der Waals surface area contributed by atoms with Crippen molar-refractivity contribution in [3.05, 3.63) is 18.7 Å². The summed E-state index contributed by atoms with van der Waals surface area (Å²) in [5.41, 5.74) is 18.0. The molecule has 0 aromatic carbocycles. The van der Waals surface area contributed by atoms with Crippen molar-refractivity contribution >= 4 is 39.9 Å². The maximum atomic E-state index is 13.4. The highest BCUT2D eigenvalue weighted by Gasteiger charge is 2.16. The summed E-state index contributed by atoms with van der Waals surface area (Å²) < 4.78 is 16.3. The zero-order valence-electron chi connectivity index (χ0n) is 10.8. The fraction of sp³-hybridized carbons (Fsp3) is 0. The number of nitrogens with two attached hydrogens (primary N) is 3. The minimum atomic E-state index is -0.968. The maximum Gasteiger partial charge on any atom is 0.312 e. The monoisotopic (exact) mass is 301 g/mol. The molecule has 0 aliphatic carbocycles. The molecule has 0 unspecified atom stereocenters. The van der Waals surface area contributed by atoms with E-state index in [1.165, 1.54) is 22.0 Å². The molecule has 0 saturated heterocycles. The van der Waals surface area contributed by atoms with Crippen molar-refractivity contribution in [2.45, 2.75) is 0 Å². The molecule has 110 valence electrons. The van der Waals surface area contributed by atoms with Crippen molar-refractivity contribution in [3.63, 3.8) is 0 Å². The van der Waals surface area contributed by atoms with Gasteiger partial charge in [0.05, 0.1) is 0 Å². The van der Waals surface area contributed by atoms with Crippen LogP contribution in [0.15, 0.2) is 12.7 Å². The third-order valence-electron chi connectivity index (χ3n) is 3.03. The van der Waals surface area contributed by atoms with Gasteiger partial charge in [-0.3, -0.25) is 0 Å². The topological polar surface area (TPSA) is 165 Å². The largest absolute Gasteiger partial charge is 0.382 e. The highest BCUT2D eigenvalue weighted by Crippen LogP contribution is 2.20. The number of halogens is 1. The molecule has 0 spiro atoms. The van der Waals surface area contributed by atoms with E-state index < -0.39 is 6.08 Å². The Morgan fingerprint density at radius 2 is 1.32 bits per heavy atom. The molecule has 0 fully saturated rings. The first kappa shape index (κ1) is 12.2. The lowest BCUT2D eigenvalue weighted by Gasteiger charge is -2.05. The molecule has 0 bridgehead atoms. The normalized spacial score (nSPS) is 11.5. The van der Waals surface area contributed by atoms with E-state index in [1.54, 1.807) is 0 Å². The number of nitrogen functional groups attached to an aromatic ring is 3. The molecule has 4 aromatic rings. The predicted octanol–water partition coefficient (Wildman–Crippen LogP) is -0.837. The first-order chi connectivity index (χ1) is 10.5. The van der Waals surface area contributed by atoms with Gasteiger partial charge in [0, 0.05) is 0 Å². The van der Waals surface area contributed by atoms with E-state index in [4.69, 9.17) is 17.2 Å². The fourth-order valence-corrected chi connectivity index (χ4v) is 2.13. The van der Waals surface area contributed by atoms with E-state index in [0.29, 0.717) is 11.2 Å². The van der Waals surface area contributed by atoms with Crippen LogP contribution in [-0.2, 0) is 0 Å². The Morgan fingerprint density at radius 1 is 0.773 bits per heavy atom. The number of imidazole rings is 2. The van der Waals surface area contributed by atoms with Crippen LogP contribution in [0, 0.1) is 6.08 Å². The number of hydrogen-bond donors (Lipinski definition) is 3. The summed E-state index contributed by atoms with van der Waals surface area (Å²) in [5, 5.41) is 0. The summed E-state index contributed by atoms with van der Waals surface area (Å²) in [7, 11) is 0. The van der Waals surface area contributed by atoms with Crippen molar-refractivity contribution in [2.24, 2.45) is 0 Å². The second-order valence-corrected chi connectivity index (χ2v) is 4.37. The minimum Gasteiger partial charge on any atom is -0.382 e. The molecule has 0 amide bonds. The summed E-state index contributed by atoms with van der Waals surface area (Å²) in [5.74, 6) is 0.0433. The highest BCUT2D eigenvalue weighted by atomic mass is 19.1. The summed E-state index contributed by atoms with van der Waals surface area (Å²) in [6.07, 6.45) is 1.82. The smallest absolute Gasteiger partial charge is 0.312 e. The van der Waals surface area contributed by atoms with Crippen molar-refractivity contribution in [3.8, 4) is 0 Å². The quantitative estimate of drug-likeness (QED) is 0.380. The SMILES string of the molecule is Nc1nc(N)c2ncn(-n3cnc4c(N)nc(F)nc43)c2n1. The molecule has 12 heteroatoms.